The Bertz CT molecular complexity index is 1340. The molecule has 2 saturated heterocycles. The smallest absolute Gasteiger partial charge is 0.317 e. The van der Waals surface area contributed by atoms with Crippen LogP contribution in [0, 0.1) is 0 Å². The number of benzene rings is 1. The Balaban J connectivity index is 1.35. The Labute approximate surface area is 200 Å². The predicted molar refractivity (Wildman–Crippen MR) is 124 cm³/mol. The number of aromatic nitrogens is 1. The fraction of sp³-hybridized carbons (Fsp3) is 0.375. The number of carbonyl (C=O) groups is 2. The molecule has 35 heavy (non-hydrogen) atoms. The Morgan fingerprint density at radius 3 is 2.80 bits per heavy atom. The summed E-state index contributed by atoms with van der Waals surface area (Å²) < 4.78 is 11.3. The monoisotopic (exact) mass is 479 g/mol. The van der Waals surface area contributed by atoms with Crippen LogP contribution in [0.1, 0.15) is 28.1 Å². The lowest BCUT2D eigenvalue weighted by Crippen LogP contribution is -2.54. The number of rotatable bonds is 5. The second-order valence-corrected chi connectivity index (χ2v) is 9.21. The van der Waals surface area contributed by atoms with Gasteiger partial charge in [0.25, 0.3) is 5.91 Å². The molecule has 4 N–H and O–H groups in total. The van der Waals surface area contributed by atoms with E-state index in [1.165, 1.54) is 7.11 Å². The van der Waals surface area contributed by atoms with Gasteiger partial charge in [0.2, 0.25) is 0 Å². The quantitative estimate of drug-likeness (QED) is 0.423. The van der Waals surface area contributed by atoms with Crippen LogP contribution in [0.3, 0.4) is 0 Å². The molecule has 0 radical (unpaired) electrons. The topological polar surface area (TPSA) is 140 Å². The van der Waals surface area contributed by atoms with E-state index in [2.05, 4.69) is 15.6 Å². The number of hydrogen-bond donors (Lipinski definition) is 4. The number of methoxy groups -OCH3 is 1. The lowest BCUT2D eigenvalue weighted by molar-refractivity contribution is 0.0353. The van der Waals surface area contributed by atoms with E-state index >= 15 is 0 Å². The van der Waals surface area contributed by atoms with Crippen LogP contribution in [-0.4, -0.2) is 71.1 Å². The van der Waals surface area contributed by atoms with Crippen molar-refractivity contribution in [1.82, 2.24) is 20.5 Å². The maximum atomic E-state index is 13.2. The molecule has 3 aliphatic rings. The van der Waals surface area contributed by atoms with Gasteiger partial charge in [-0.2, -0.15) is 0 Å². The zero-order valence-electron chi connectivity index (χ0n) is 19.0. The number of amides is 3. The van der Waals surface area contributed by atoms with Gasteiger partial charge in [-0.3, -0.25) is 4.79 Å². The second kappa shape index (κ2) is 7.85. The van der Waals surface area contributed by atoms with Crippen LogP contribution in [0.2, 0.25) is 0 Å². The molecule has 3 aliphatic heterocycles. The molecule has 1 aromatic carbocycles. The second-order valence-electron chi connectivity index (χ2n) is 9.21. The molecule has 0 aliphatic carbocycles. The number of hydrogen-bond acceptors (Lipinski definition) is 8. The van der Waals surface area contributed by atoms with E-state index in [0.29, 0.717) is 54.3 Å². The predicted octanol–water partition coefficient (Wildman–Crippen LogP) is 0.890. The summed E-state index contributed by atoms with van der Waals surface area (Å²) in [5, 5.41) is 26.0. The summed E-state index contributed by atoms with van der Waals surface area (Å²) in [7, 11) is 1.54. The highest BCUT2D eigenvalue weighted by atomic mass is 16.5. The molecule has 3 atom stereocenters. The lowest BCUT2D eigenvalue weighted by atomic mass is 9.94. The summed E-state index contributed by atoms with van der Waals surface area (Å²) in [5.74, 6) is 1.35. The summed E-state index contributed by atoms with van der Waals surface area (Å²) in [6, 6.07) is 10.0. The molecule has 3 aromatic rings. The molecule has 0 bridgehead atoms. The normalized spacial score (nSPS) is 25.8. The van der Waals surface area contributed by atoms with E-state index in [-0.39, 0.29) is 24.3 Å². The Morgan fingerprint density at radius 2 is 2.09 bits per heavy atom. The molecule has 1 unspecified atom stereocenters. The van der Waals surface area contributed by atoms with Crippen LogP contribution < -0.4 is 20.3 Å². The first-order valence-corrected chi connectivity index (χ1v) is 11.4. The first kappa shape index (κ1) is 21.7. The highest BCUT2D eigenvalue weighted by Crippen LogP contribution is 2.36. The number of aliphatic hydroxyl groups is 2. The number of pyridine rings is 1. The van der Waals surface area contributed by atoms with E-state index in [4.69, 9.17) is 9.15 Å². The number of furan rings is 1. The first-order valence-electron chi connectivity index (χ1n) is 11.4. The summed E-state index contributed by atoms with van der Waals surface area (Å²) in [6.07, 6.45) is -1.04. The molecule has 11 heteroatoms. The summed E-state index contributed by atoms with van der Waals surface area (Å²) in [4.78, 5) is 33.7. The average molecular weight is 479 g/mol. The van der Waals surface area contributed by atoms with Crippen LogP contribution in [0.25, 0.3) is 11.1 Å². The minimum atomic E-state index is -1.41. The molecule has 0 spiro atoms. The van der Waals surface area contributed by atoms with Crippen molar-refractivity contribution in [2.24, 2.45) is 0 Å². The lowest BCUT2D eigenvalue weighted by Gasteiger charge is -2.33. The maximum absolute atomic E-state index is 13.2. The third kappa shape index (κ3) is 3.46. The van der Waals surface area contributed by atoms with Crippen LogP contribution in [0.5, 0.6) is 5.75 Å². The van der Waals surface area contributed by atoms with Crippen LogP contribution in [0.4, 0.5) is 10.6 Å². The largest absolute Gasteiger partial charge is 0.497 e. The van der Waals surface area contributed by atoms with Gasteiger partial charge >= 0.3 is 6.03 Å². The number of aliphatic hydroxyl groups excluding tert-OH is 2. The van der Waals surface area contributed by atoms with Crippen molar-refractivity contribution in [3.8, 4) is 5.75 Å². The van der Waals surface area contributed by atoms with Gasteiger partial charge in [-0.05, 0) is 36.2 Å². The molecular weight excluding hydrogens is 454 g/mol. The van der Waals surface area contributed by atoms with Gasteiger partial charge in [0, 0.05) is 31.3 Å². The maximum Gasteiger partial charge on any atom is 0.317 e. The van der Waals surface area contributed by atoms with Gasteiger partial charge in [-0.15, -0.1) is 0 Å². The minimum Gasteiger partial charge on any atom is -0.497 e. The van der Waals surface area contributed by atoms with Crippen molar-refractivity contribution < 1.29 is 29.0 Å². The Hall–Kier alpha value is -3.83. The van der Waals surface area contributed by atoms with E-state index in [0.717, 1.165) is 5.56 Å². The van der Waals surface area contributed by atoms with Crippen molar-refractivity contribution >= 4 is 28.9 Å². The zero-order chi connectivity index (χ0) is 24.3. The number of urea groups is 1. The Kier molecular flexibility index (Phi) is 4.87. The van der Waals surface area contributed by atoms with Crippen molar-refractivity contribution in [2.75, 3.05) is 31.6 Å². The molecule has 6 rings (SSSR count). The number of carbonyl (C=O) groups excluding carboxylic acids is 2. The van der Waals surface area contributed by atoms with Gasteiger partial charge < -0.3 is 39.8 Å². The molecular formula is C24H25N5O6. The molecule has 2 fully saturated rings. The third-order valence-corrected chi connectivity index (χ3v) is 6.99. The minimum absolute atomic E-state index is 0.0201. The molecule has 0 saturated carbocycles. The fourth-order valence-electron chi connectivity index (χ4n) is 5.11. The van der Waals surface area contributed by atoms with E-state index in [1.54, 1.807) is 29.2 Å². The SMILES string of the molecule is COc1ccc2c(c1)C(=O)N(C[C@@]1(c3cc4nc(N5CC[C@@H](O)C5)ccc4o3)NC(=O)NC1O)C2. The first-order chi connectivity index (χ1) is 16.9. The molecule has 11 nitrogen and oxygen atoms in total. The van der Waals surface area contributed by atoms with Gasteiger partial charge in [-0.1, -0.05) is 6.07 Å². The Morgan fingerprint density at radius 1 is 1.23 bits per heavy atom. The van der Waals surface area contributed by atoms with Gasteiger partial charge in [0.1, 0.15) is 22.8 Å². The number of ether oxygens (including phenoxy) is 1. The summed E-state index contributed by atoms with van der Waals surface area (Å²) >= 11 is 0. The number of fused-ring (bicyclic) bond motifs is 2. The number of anilines is 1. The van der Waals surface area contributed by atoms with Gasteiger partial charge in [0.05, 0.1) is 19.8 Å². The summed E-state index contributed by atoms with van der Waals surface area (Å²) in [5.41, 5.74) is 0.977. The molecule has 5 heterocycles. The van der Waals surface area contributed by atoms with Crippen molar-refractivity contribution in [2.45, 2.75) is 30.8 Å². The average Bonchev–Trinajstić information content (AvgIpc) is 3.60. The van der Waals surface area contributed by atoms with Crippen LogP contribution in [0.15, 0.2) is 40.8 Å². The van der Waals surface area contributed by atoms with Crippen molar-refractivity contribution in [1.29, 1.82) is 0 Å². The highest BCUT2D eigenvalue weighted by molar-refractivity contribution is 5.99. The fourth-order valence-corrected chi connectivity index (χ4v) is 5.11. The van der Waals surface area contributed by atoms with Crippen molar-refractivity contribution in [3.05, 3.63) is 53.3 Å². The van der Waals surface area contributed by atoms with Crippen LogP contribution >= 0.6 is 0 Å². The van der Waals surface area contributed by atoms with E-state index in [9.17, 15) is 19.8 Å². The van der Waals surface area contributed by atoms with Gasteiger partial charge in [-0.25, -0.2) is 9.78 Å². The molecule has 3 amide bonds. The zero-order valence-corrected chi connectivity index (χ0v) is 19.0. The standard InChI is InChI=1S/C24H25N5O6/c1-34-15-3-2-13-10-29(21(31)16(13)8-15)12-24(22(32)26-23(33)27-24)19-9-17-18(35-19)4-5-20(25-17)28-7-6-14(30)11-28/h2-5,8-9,14,22,30,32H,6-7,10-12H2,1H3,(H2,26,27,33)/t14-,22?,24+/m1/s1. The van der Waals surface area contributed by atoms with E-state index in [1.807, 2.05) is 17.0 Å². The number of nitrogens with one attached hydrogen (secondary N) is 2. The number of nitrogens with zero attached hydrogens (tertiary/aromatic N) is 3. The third-order valence-electron chi connectivity index (χ3n) is 6.99. The van der Waals surface area contributed by atoms with Crippen molar-refractivity contribution in [3.63, 3.8) is 0 Å². The van der Waals surface area contributed by atoms with Gasteiger partial charge in [0.15, 0.2) is 17.3 Å². The van der Waals surface area contributed by atoms with Crippen LogP contribution in [-0.2, 0) is 12.1 Å². The number of β-amino-alcohol motifs (C(OH)–C–C–N with tert-alkyl or cyclic N) is 1. The van der Waals surface area contributed by atoms with E-state index < -0.39 is 17.8 Å². The molecule has 2 aromatic heterocycles. The highest BCUT2D eigenvalue weighted by Gasteiger charge is 2.52. The summed E-state index contributed by atoms with van der Waals surface area (Å²) in [6.45, 7) is 1.51. The molecule has 182 valence electrons.